The van der Waals surface area contributed by atoms with E-state index >= 15 is 0 Å². The van der Waals surface area contributed by atoms with Crippen LogP contribution in [0.4, 0.5) is 16.3 Å². The summed E-state index contributed by atoms with van der Waals surface area (Å²) in [6.07, 6.45) is 4.80. The second-order valence-corrected chi connectivity index (χ2v) is 11.3. The summed E-state index contributed by atoms with van der Waals surface area (Å²) in [5.74, 6) is 0.127. The molecule has 3 aliphatic heterocycles. The lowest BCUT2D eigenvalue weighted by Gasteiger charge is -2.38. The monoisotopic (exact) mass is 508 g/mol. The smallest absolute Gasteiger partial charge is 0.344 e. The van der Waals surface area contributed by atoms with Crippen molar-refractivity contribution >= 4 is 39.2 Å². The third-order valence-corrected chi connectivity index (χ3v) is 7.55. The highest BCUT2D eigenvalue weighted by Crippen LogP contribution is 2.38. The van der Waals surface area contributed by atoms with Crippen LogP contribution in [0.15, 0.2) is 30.5 Å². The summed E-state index contributed by atoms with van der Waals surface area (Å²) in [5.41, 5.74) is 2.30. The molecule has 3 fully saturated rings. The van der Waals surface area contributed by atoms with Crippen molar-refractivity contribution in [1.29, 1.82) is 0 Å². The maximum Gasteiger partial charge on any atom is 0.344 e. The van der Waals surface area contributed by atoms with Crippen molar-refractivity contribution in [3.8, 4) is 0 Å². The number of hydrogen-bond donors (Lipinski definition) is 1. The number of hydrogen-bond acceptors (Lipinski definition) is 7. The molecule has 0 saturated carbocycles. The van der Waals surface area contributed by atoms with Crippen molar-refractivity contribution in [3.05, 3.63) is 41.0 Å². The highest BCUT2D eigenvalue weighted by molar-refractivity contribution is 7.92. The quantitative estimate of drug-likeness (QED) is 0.659. The van der Waals surface area contributed by atoms with E-state index in [1.54, 1.807) is 4.90 Å². The van der Waals surface area contributed by atoms with E-state index in [9.17, 15) is 13.2 Å². The Morgan fingerprint density at radius 2 is 1.85 bits per heavy atom. The van der Waals surface area contributed by atoms with Gasteiger partial charge in [0.15, 0.2) is 5.82 Å². The molecule has 2 unspecified atom stereocenters. The molecule has 2 bridgehead atoms. The number of morpholine rings is 1. The van der Waals surface area contributed by atoms with Crippen LogP contribution in [0.2, 0.25) is 5.02 Å². The van der Waals surface area contributed by atoms with Crippen molar-refractivity contribution in [1.82, 2.24) is 19.6 Å². The van der Waals surface area contributed by atoms with Gasteiger partial charge < -0.3 is 14.5 Å². The number of halogens is 1. The molecule has 1 N–H and O–H groups in total. The van der Waals surface area contributed by atoms with E-state index in [0.717, 1.165) is 62.7 Å². The molecule has 0 radical (unpaired) electrons. The number of nitrogens with one attached hydrogen (secondary N) is 1. The number of carbonyl (C=O) groups is 1. The van der Waals surface area contributed by atoms with Crippen LogP contribution >= 0.6 is 11.6 Å². The molecule has 34 heavy (non-hydrogen) atoms. The Morgan fingerprint density at radius 1 is 1.15 bits per heavy atom. The number of rotatable bonds is 5. The molecule has 5 rings (SSSR count). The van der Waals surface area contributed by atoms with E-state index in [2.05, 4.69) is 31.8 Å². The summed E-state index contributed by atoms with van der Waals surface area (Å²) in [4.78, 5) is 19.3. The Kier molecular flexibility index (Phi) is 6.45. The fourth-order valence-electron chi connectivity index (χ4n) is 5.05. The minimum absolute atomic E-state index is 0.127. The van der Waals surface area contributed by atoms with Crippen LogP contribution in [0.3, 0.4) is 0 Å². The largest absolute Gasteiger partial charge is 0.377 e. The average molecular weight is 509 g/mol. The number of piperazine rings is 1. The van der Waals surface area contributed by atoms with Gasteiger partial charge in [0.1, 0.15) is 0 Å². The lowest BCUT2D eigenvalue weighted by Crippen LogP contribution is -2.49. The van der Waals surface area contributed by atoms with Crippen LogP contribution < -0.4 is 9.62 Å². The number of benzene rings is 1. The van der Waals surface area contributed by atoms with Gasteiger partial charge in [-0.05, 0) is 30.5 Å². The normalized spacial score (nSPS) is 23.4. The summed E-state index contributed by atoms with van der Waals surface area (Å²) in [7, 11) is -3.44. The van der Waals surface area contributed by atoms with Gasteiger partial charge in [0.05, 0.1) is 42.3 Å². The Morgan fingerprint density at radius 3 is 2.53 bits per heavy atom. The lowest BCUT2D eigenvalue weighted by molar-refractivity contribution is 0.0906. The molecule has 1 aromatic carbocycles. The zero-order valence-electron chi connectivity index (χ0n) is 19.1. The van der Waals surface area contributed by atoms with Gasteiger partial charge in [-0.2, -0.15) is 4.68 Å². The maximum absolute atomic E-state index is 12.8. The number of nitrogens with zero attached hydrogens (tertiary/aromatic N) is 5. The van der Waals surface area contributed by atoms with Gasteiger partial charge in [0.25, 0.3) is 0 Å². The highest BCUT2D eigenvalue weighted by atomic mass is 35.5. The van der Waals surface area contributed by atoms with Crippen molar-refractivity contribution < 1.29 is 17.9 Å². The number of ether oxygens (including phenoxy) is 1. The van der Waals surface area contributed by atoms with Gasteiger partial charge in [0.2, 0.25) is 10.0 Å². The van der Waals surface area contributed by atoms with Gasteiger partial charge in [-0.1, -0.05) is 17.7 Å². The van der Waals surface area contributed by atoms with E-state index < -0.39 is 10.0 Å². The SMILES string of the molecule is CS(=O)(=O)Nc1ccn(C(=O)N2CCN(Cc3ccc(Cl)c(N4C5CCC4COC5)c3)CC2)n1. The molecule has 1 amide bonds. The Hall–Kier alpha value is -2.34. The fourth-order valence-corrected chi connectivity index (χ4v) is 5.76. The number of fused-ring (bicyclic) bond motifs is 2. The minimum atomic E-state index is -3.44. The lowest BCUT2D eigenvalue weighted by atomic mass is 10.1. The van der Waals surface area contributed by atoms with Crippen LogP contribution in [-0.2, 0) is 21.3 Å². The summed E-state index contributed by atoms with van der Waals surface area (Å²) < 4.78 is 31.9. The minimum Gasteiger partial charge on any atom is -0.377 e. The van der Waals surface area contributed by atoms with Gasteiger partial charge >= 0.3 is 6.03 Å². The van der Waals surface area contributed by atoms with E-state index in [1.807, 2.05) is 6.07 Å². The van der Waals surface area contributed by atoms with Crippen LogP contribution in [0.5, 0.6) is 0 Å². The third-order valence-electron chi connectivity index (χ3n) is 6.65. The maximum atomic E-state index is 12.8. The first kappa shape index (κ1) is 23.4. The van der Waals surface area contributed by atoms with Crippen molar-refractivity contribution in [2.45, 2.75) is 31.5 Å². The zero-order valence-corrected chi connectivity index (χ0v) is 20.6. The van der Waals surface area contributed by atoms with E-state index in [0.29, 0.717) is 25.2 Å². The molecule has 1 aromatic heterocycles. The van der Waals surface area contributed by atoms with Crippen molar-refractivity contribution in [2.24, 2.45) is 0 Å². The predicted octanol–water partition coefficient (Wildman–Crippen LogP) is 2.06. The molecular weight excluding hydrogens is 480 g/mol. The van der Waals surface area contributed by atoms with E-state index in [-0.39, 0.29) is 11.8 Å². The van der Waals surface area contributed by atoms with Gasteiger partial charge in [-0.25, -0.2) is 13.2 Å². The first-order chi connectivity index (χ1) is 16.3. The summed E-state index contributed by atoms with van der Waals surface area (Å²) in [6, 6.07) is 8.27. The topological polar surface area (TPSA) is 100 Å². The van der Waals surface area contributed by atoms with Gasteiger partial charge in [-0.15, -0.1) is 5.10 Å². The molecular formula is C22H29ClN6O4S. The summed E-state index contributed by atoms with van der Waals surface area (Å²) >= 11 is 6.59. The first-order valence-corrected chi connectivity index (χ1v) is 13.7. The molecule has 184 valence electrons. The van der Waals surface area contributed by atoms with Crippen molar-refractivity contribution in [2.75, 3.05) is 55.3 Å². The number of carbonyl (C=O) groups excluding carboxylic acids is 1. The number of amides is 1. The molecule has 0 aliphatic carbocycles. The summed E-state index contributed by atoms with van der Waals surface area (Å²) in [5, 5.41) is 4.81. The van der Waals surface area contributed by atoms with Crippen LogP contribution in [-0.4, -0.2) is 91.8 Å². The Balaban J connectivity index is 1.19. The molecule has 3 saturated heterocycles. The highest BCUT2D eigenvalue weighted by Gasteiger charge is 2.38. The van der Waals surface area contributed by atoms with Crippen LogP contribution in [0.1, 0.15) is 18.4 Å². The predicted molar refractivity (Wildman–Crippen MR) is 130 cm³/mol. The molecule has 2 aromatic rings. The Bertz CT molecular complexity index is 1150. The summed E-state index contributed by atoms with van der Waals surface area (Å²) in [6.45, 7) is 4.92. The Labute approximate surface area is 204 Å². The van der Waals surface area contributed by atoms with E-state index in [4.69, 9.17) is 16.3 Å². The molecule has 10 nitrogen and oxygen atoms in total. The third kappa shape index (κ3) is 5.02. The number of sulfonamides is 1. The first-order valence-electron chi connectivity index (χ1n) is 11.5. The van der Waals surface area contributed by atoms with E-state index in [1.165, 1.54) is 22.5 Å². The molecule has 3 aliphatic rings. The van der Waals surface area contributed by atoms with Crippen molar-refractivity contribution in [3.63, 3.8) is 0 Å². The fraction of sp³-hybridized carbons (Fsp3) is 0.545. The standard InChI is InChI=1S/C22H29ClN6O4S/c1-34(31,32)25-21-6-7-28(24-21)22(30)27-10-8-26(9-11-27)13-16-2-5-19(23)20(12-16)29-17-3-4-18(29)15-33-14-17/h2,5-7,12,17-18H,3-4,8-11,13-15H2,1H3,(H,24,25). The zero-order chi connectivity index (χ0) is 23.9. The van der Waals surface area contributed by atoms with Crippen LogP contribution in [0.25, 0.3) is 0 Å². The van der Waals surface area contributed by atoms with Gasteiger partial charge in [0, 0.05) is 45.0 Å². The van der Waals surface area contributed by atoms with Gasteiger partial charge in [-0.3, -0.25) is 9.62 Å². The molecule has 2 atom stereocenters. The molecule has 12 heteroatoms. The average Bonchev–Trinajstić information content (AvgIpc) is 3.34. The number of aromatic nitrogens is 2. The van der Waals surface area contributed by atoms with Crippen LogP contribution in [0, 0.1) is 0 Å². The second kappa shape index (κ2) is 9.37. The molecule has 0 spiro atoms. The number of anilines is 2. The molecule has 4 heterocycles. The second-order valence-electron chi connectivity index (χ2n) is 9.18.